The maximum absolute atomic E-state index is 13.4. The summed E-state index contributed by atoms with van der Waals surface area (Å²) in [6.07, 6.45) is 0. The molecule has 0 atom stereocenters. The van der Waals surface area contributed by atoms with Gasteiger partial charge in [0.2, 0.25) is 0 Å². The normalized spacial score (nSPS) is 13.2. The number of carbonyl (C=O) groups excluding carboxylic acids is 1. The molecule has 9 nitrogen and oxygen atoms in total. The molecule has 226 valence electrons. The van der Waals surface area contributed by atoms with Gasteiger partial charge in [-0.3, -0.25) is 9.36 Å². The Bertz CT molecular complexity index is 1750. The Balaban J connectivity index is 1.16. The third-order valence-corrected chi connectivity index (χ3v) is 9.54. The van der Waals surface area contributed by atoms with Crippen molar-refractivity contribution in [2.75, 3.05) is 44.8 Å². The molecule has 0 aliphatic carbocycles. The minimum Gasteiger partial charge on any atom is -0.495 e. The summed E-state index contributed by atoms with van der Waals surface area (Å²) in [7, 11) is 1.64. The van der Waals surface area contributed by atoms with Gasteiger partial charge in [0.15, 0.2) is 11.0 Å². The minimum absolute atomic E-state index is 0.0477. The van der Waals surface area contributed by atoms with Crippen LogP contribution in [0.2, 0.25) is 5.02 Å². The fourth-order valence-corrected chi connectivity index (χ4v) is 7.07. The predicted octanol–water partition coefficient (Wildman–Crippen LogP) is 6.71. The Kier molecular flexibility index (Phi) is 9.34. The third-order valence-electron chi connectivity index (χ3n) is 7.24. The number of hydrogen-bond acceptors (Lipinski definition) is 9. The van der Waals surface area contributed by atoms with Gasteiger partial charge in [-0.2, -0.15) is 0 Å². The first-order chi connectivity index (χ1) is 21.6. The Morgan fingerprint density at radius 2 is 1.64 bits per heavy atom. The standard InChI is InChI=1S/C32H31ClN6O3S2/c1-3-42-28-15-9-6-12-25(28)37-16-18-38(19-17-37)31(40)24-20-43-29(34-24)21-44-32-36-35-30(22-10-4-5-11-23(22)33)39(32)26-13-7-8-14-27(26)41-2/h4-15,20H,3,16-19,21H2,1-2H3. The van der Waals surface area contributed by atoms with Crippen molar-refractivity contribution in [2.45, 2.75) is 17.8 Å². The van der Waals surface area contributed by atoms with Crippen LogP contribution in [-0.2, 0) is 5.75 Å². The fourth-order valence-electron chi connectivity index (χ4n) is 5.12. The van der Waals surface area contributed by atoms with Crippen LogP contribution < -0.4 is 14.4 Å². The molecule has 2 aromatic heterocycles. The predicted molar refractivity (Wildman–Crippen MR) is 176 cm³/mol. The molecule has 3 heterocycles. The lowest BCUT2D eigenvalue weighted by molar-refractivity contribution is 0.0741. The van der Waals surface area contributed by atoms with E-state index in [1.54, 1.807) is 7.11 Å². The number of anilines is 1. The summed E-state index contributed by atoms with van der Waals surface area (Å²) in [5.74, 6) is 2.65. The maximum atomic E-state index is 13.4. The third kappa shape index (κ3) is 6.26. The molecule has 0 N–H and O–H groups in total. The molecule has 1 aliphatic heterocycles. The Hall–Kier alpha value is -4.06. The largest absolute Gasteiger partial charge is 0.495 e. The molecule has 0 bridgehead atoms. The average molecular weight is 647 g/mol. The van der Waals surface area contributed by atoms with Gasteiger partial charge in [-0.25, -0.2) is 4.98 Å². The lowest BCUT2D eigenvalue weighted by Crippen LogP contribution is -2.49. The molecule has 0 spiro atoms. The summed E-state index contributed by atoms with van der Waals surface area (Å²) in [6, 6.07) is 23.3. The number of hydrogen-bond donors (Lipinski definition) is 0. The zero-order valence-electron chi connectivity index (χ0n) is 24.4. The van der Waals surface area contributed by atoms with E-state index in [0.717, 1.165) is 40.8 Å². The highest BCUT2D eigenvalue weighted by molar-refractivity contribution is 7.98. The van der Waals surface area contributed by atoms with Crippen LogP contribution in [0.25, 0.3) is 17.1 Å². The number of thiazole rings is 1. The van der Waals surface area contributed by atoms with Crippen LogP contribution in [0.4, 0.5) is 5.69 Å². The first kappa shape index (κ1) is 30.0. The molecule has 12 heteroatoms. The topological polar surface area (TPSA) is 85.6 Å². The van der Waals surface area contributed by atoms with E-state index < -0.39 is 0 Å². The van der Waals surface area contributed by atoms with Gasteiger partial charge in [0.05, 0.1) is 35.9 Å². The molecule has 3 aromatic carbocycles. The van der Waals surface area contributed by atoms with Gasteiger partial charge in [-0.15, -0.1) is 21.5 Å². The molecule has 6 rings (SSSR count). The van der Waals surface area contributed by atoms with Crippen molar-refractivity contribution in [3.63, 3.8) is 0 Å². The Morgan fingerprint density at radius 3 is 2.39 bits per heavy atom. The first-order valence-corrected chi connectivity index (χ1v) is 16.5. The van der Waals surface area contributed by atoms with Gasteiger partial charge in [-0.1, -0.05) is 59.8 Å². The van der Waals surface area contributed by atoms with Gasteiger partial charge in [0.25, 0.3) is 5.91 Å². The number of thioether (sulfide) groups is 1. The van der Waals surface area contributed by atoms with Crippen LogP contribution in [0.1, 0.15) is 22.4 Å². The molecule has 1 amide bonds. The Morgan fingerprint density at radius 1 is 0.932 bits per heavy atom. The summed E-state index contributed by atoms with van der Waals surface area (Å²) in [4.78, 5) is 22.2. The van der Waals surface area contributed by atoms with Gasteiger partial charge in [0, 0.05) is 37.1 Å². The molecular formula is C32H31ClN6O3S2. The van der Waals surface area contributed by atoms with Crippen LogP contribution in [0.3, 0.4) is 0 Å². The fraction of sp³-hybridized carbons (Fsp3) is 0.250. The van der Waals surface area contributed by atoms with Crippen molar-refractivity contribution in [3.8, 4) is 28.6 Å². The average Bonchev–Trinajstić information content (AvgIpc) is 3.71. The highest BCUT2D eigenvalue weighted by Crippen LogP contribution is 2.36. The van der Waals surface area contributed by atoms with E-state index in [1.807, 2.05) is 88.5 Å². The van der Waals surface area contributed by atoms with Crippen LogP contribution in [-0.4, -0.2) is 70.5 Å². The summed E-state index contributed by atoms with van der Waals surface area (Å²) < 4.78 is 13.4. The molecule has 0 saturated carbocycles. The van der Waals surface area contributed by atoms with Crippen LogP contribution >= 0.6 is 34.7 Å². The number of rotatable bonds is 10. The van der Waals surface area contributed by atoms with E-state index in [2.05, 4.69) is 21.2 Å². The van der Waals surface area contributed by atoms with Crippen molar-refractivity contribution >= 4 is 46.3 Å². The second-order valence-corrected chi connectivity index (χ2v) is 12.2. The number of halogens is 1. The second kappa shape index (κ2) is 13.7. The number of amides is 1. The molecule has 1 fully saturated rings. The molecule has 0 unspecified atom stereocenters. The zero-order chi connectivity index (χ0) is 30.5. The van der Waals surface area contributed by atoms with Crippen molar-refractivity contribution in [3.05, 3.63) is 93.9 Å². The Labute approximate surface area is 269 Å². The number of piperazine rings is 1. The smallest absolute Gasteiger partial charge is 0.273 e. The summed E-state index contributed by atoms with van der Waals surface area (Å²) in [5, 5.41) is 12.9. The highest BCUT2D eigenvalue weighted by Gasteiger charge is 2.26. The second-order valence-electron chi connectivity index (χ2n) is 9.89. The number of aromatic nitrogens is 4. The maximum Gasteiger partial charge on any atom is 0.273 e. The first-order valence-electron chi connectivity index (χ1n) is 14.2. The molecule has 1 aliphatic rings. The monoisotopic (exact) mass is 646 g/mol. The molecule has 1 saturated heterocycles. The number of ether oxygens (including phenoxy) is 2. The van der Waals surface area contributed by atoms with E-state index in [1.165, 1.54) is 23.1 Å². The number of para-hydroxylation sites is 4. The highest BCUT2D eigenvalue weighted by atomic mass is 35.5. The van der Waals surface area contributed by atoms with E-state index in [-0.39, 0.29) is 5.91 Å². The van der Waals surface area contributed by atoms with E-state index in [4.69, 9.17) is 26.1 Å². The summed E-state index contributed by atoms with van der Waals surface area (Å²) in [6.45, 7) is 5.30. The number of benzene rings is 3. The van der Waals surface area contributed by atoms with E-state index in [9.17, 15) is 4.79 Å². The van der Waals surface area contributed by atoms with Crippen LogP contribution in [0.5, 0.6) is 11.5 Å². The van der Waals surface area contributed by atoms with Gasteiger partial charge in [-0.05, 0) is 43.3 Å². The van der Waals surface area contributed by atoms with Gasteiger partial charge in [0.1, 0.15) is 22.2 Å². The molecule has 0 radical (unpaired) electrons. The molecular weight excluding hydrogens is 616 g/mol. The van der Waals surface area contributed by atoms with Crippen LogP contribution in [0, 0.1) is 0 Å². The number of carbonyl (C=O) groups is 1. The number of methoxy groups -OCH3 is 1. The lowest BCUT2D eigenvalue weighted by Gasteiger charge is -2.36. The van der Waals surface area contributed by atoms with Gasteiger partial charge >= 0.3 is 0 Å². The van der Waals surface area contributed by atoms with Crippen LogP contribution in [0.15, 0.2) is 83.3 Å². The van der Waals surface area contributed by atoms with E-state index >= 15 is 0 Å². The minimum atomic E-state index is -0.0477. The zero-order valence-corrected chi connectivity index (χ0v) is 26.7. The van der Waals surface area contributed by atoms with Gasteiger partial charge < -0.3 is 19.3 Å². The lowest BCUT2D eigenvalue weighted by atomic mass is 10.2. The van der Waals surface area contributed by atoms with Crippen molar-refractivity contribution in [2.24, 2.45) is 0 Å². The SMILES string of the molecule is CCOc1ccccc1N1CCN(C(=O)c2csc(CSc3nnc(-c4ccccc4Cl)n3-c3ccccc3OC)n2)CC1. The van der Waals surface area contributed by atoms with Crippen molar-refractivity contribution in [1.82, 2.24) is 24.6 Å². The van der Waals surface area contributed by atoms with E-state index in [0.29, 0.717) is 52.9 Å². The summed E-state index contributed by atoms with van der Waals surface area (Å²) in [5.41, 5.74) is 3.10. The van der Waals surface area contributed by atoms with Crippen molar-refractivity contribution in [1.29, 1.82) is 0 Å². The molecule has 5 aromatic rings. The quantitative estimate of drug-likeness (QED) is 0.155. The summed E-state index contributed by atoms with van der Waals surface area (Å²) >= 11 is 9.52. The molecule has 44 heavy (non-hydrogen) atoms. The number of nitrogens with zero attached hydrogens (tertiary/aromatic N) is 6. The van der Waals surface area contributed by atoms with Crippen molar-refractivity contribution < 1.29 is 14.3 Å².